The molecule has 1 amide bonds. The van der Waals surface area contributed by atoms with Crippen LogP contribution in [-0.2, 0) is 16.1 Å². The van der Waals surface area contributed by atoms with Crippen molar-refractivity contribution in [2.45, 2.75) is 12.6 Å². The molecule has 1 N–H and O–H groups in total. The van der Waals surface area contributed by atoms with Crippen molar-refractivity contribution in [2.75, 3.05) is 7.11 Å². The van der Waals surface area contributed by atoms with Crippen LogP contribution in [0.4, 0.5) is 4.39 Å². The van der Waals surface area contributed by atoms with Crippen LogP contribution in [0.1, 0.15) is 22.7 Å². The predicted molar refractivity (Wildman–Crippen MR) is 114 cm³/mol. The third-order valence-electron chi connectivity index (χ3n) is 5.26. The minimum atomic E-state index is -0.855. The number of methoxy groups -OCH3 is 1. The van der Waals surface area contributed by atoms with Gasteiger partial charge in [0.15, 0.2) is 0 Å². The van der Waals surface area contributed by atoms with E-state index in [1.165, 1.54) is 36.3 Å². The summed E-state index contributed by atoms with van der Waals surface area (Å²) in [4.78, 5) is 27.4. The van der Waals surface area contributed by atoms with Crippen LogP contribution in [0.25, 0.3) is 5.76 Å². The van der Waals surface area contributed by atoms with Crippen LogP contribution < -0.4 is 4.74 Å². The molecule has 0 spiro atoms. The van der Waals surface area contributed by atoms with Gasteiger partial charge in [0.25, 0.3) is 11.7 Å². The number of hydrogen-bond donors (Lipinski definition) is 1. The van der Waals surface area contributed by atoms with E-state index < -0.39 is 23.5 Å². The summed E-state index contributed by atoms with van der Waals surface area (Å²) in [5.74, 6) is -1.74. The van der Waals surface area contributed by atoms with E-state index in [1.807, 2.05) is 30.3 Å². The molecular weight excluding hydrogens is 397 g/mol. The number of ether oxygens (including phenoxy) is 1. The zero-order chi connectivity index (χ0) is 22.0. The maximum absolute atomic E-state index is 13.6. The van der Waals surface area contributed by atoms with Crippen LogP contribution in [0.2, 0.25) is 0 Å². The van der Waals surface area contributed by atoms with Gasteiger partial charge in [-0.3, -0.25) is 9.59 Å². The fourth-order valence-electron chi connectivity index (χ4n) is 3.74. The molecule has 1 aliphatic rings. The number of Topliss-reactive ketones (excluding diaryl/α,β-unsaturated/α-hetero) is 1. The molecule has 1 aliphatic heterocycles. The normalized spacial score (nSPS) is 17.7. The van der Waals surface area contributed by atoms with Crippen molar-refractivity contribution in [2.24, 2.45) is 0 Å². The first-order chi connectivity index (χ1) is 15.0. The van der Waals surface area contributed by atoms with Crippen molar-refractivity contribution >= 4 is 17.4 Å². The molecule has 0 radical (unpaired) electrons. The van der Waals surface area contributed by atoms with Crippen LogP contribution in [0.15, 0.2) is 84.4 Å². The third-order valence-corrected chi connectivity index (χ3v) is 5.26. The molecule has 0 aliphatic carbocycles. The Morgan fingerprint density at radius 1 is 1.00 bits per heavy atom. The number of carbonyl (C=O) groups excluding carboxylic acids is 2. The Morgan fingerprint density at radius 3 is 2.39 bits per heavy atom. The first kappa shape index (κ1) is 20.3. The molecule has 3 aromatic carbocycles. The van der Waals surface area contributed by atoms with Crippen LogP contribution in [0.5, 0.6) is 5.75 Å². The molecule has 6 heteroatoms. The summed E-state index contributed by atoms with van der Waals surface area (Å²) in [5.41, 5.74) is 1.67. The Bertz CT molecular complexity index is 1160. The highest BCUT2D eigenvalue weighted by atomic mass is 19.1. The number of nitrogens with zero attached hydrogens (tertiary/aromatic N) is 1. The molecule has 156 valence electrons. The zero-order valence-electron chi connectivity index (χ0n) is 16.8. The maximum Gasteiger partial charge on any atom is 0.295 e. The SMILES string of the molecule is COc1cccc(/C(O)=C2\C(=O)C(=O)N(Cc3ccccc3)C2c2ccc(F)cc2)c1. The lowest BCUT2D eigenvalue weighted by atomic mass is 9.95. The zero-order valence-corrected chi connectivity index (χ0v) is 16.8. The van der Waals surface area contributed by atoms with E-state index >= 15 is 0 Å². The molecule has 0 aromatic heterocycles. The molecule has 1 unspecified atom stereocenters. The van der Waals surface area contributed by atoms with Crippen molar-refractivity contribution in [1.82, 2.24) is 4.90 Å². The second-order valence-electron chi connectivity index (χ2n) is 7.20. The summed E-state index contributed by atoms with van der Waals surface area (Å²) in [6, 6.07) is 20.6. The Kier molecular flexibility index (Phi) is 5.54. The molecule has 5 nitrogen and oxygen atoms in total. The molecule has 31 heavy (non-hydrogen) atoms. The summed E-state index contributed by atoms with van der Waals surface area (Å²) in [6.07, 6.45) is 0. The van der Waals surface area contributed by atoms with E-state index in [1.54, 1.807) is 24.3 Å². The van der Waals surface area contributed by atoms with Gasteiger partial charge in [-0.25, -0.2) is 4.39 Å². The monoisotopic (exact) mass is 417 g/mol. The predicted octanol–water partition coefficient (Wildman–Crippen LogP) is 4.46. The number of halogens is 1. The average Bonchev–Trinajstić information content (AvgIpc) is 3.05. The largest absolute Gasteiger partial charge is 0.507 e. The summed E-state index contributed by atoms with van der Waals surface area (Å²) in [6.45, 7) is 0.169. The van der Waals surface area contributed by atoms with Crippen molar-refractivity contribution in [3.05, 3.63) is 107 Å². The first-order valence-electron chi connectivity index (χ1n) is 9.72. The number of benzene rings is 3. The number of aliphatic hydroxyl groups is 1. The van der Waals surface area contributed by atoms with Gasteiger partial charge in [0.2, 0.25) is 0 Å². The number of likely N-dealkylation sites (tertiary alicyclic amines) is 1. The van der Waals surface area contributed by atoms with Crippen LogP contribution in [0.3, 0.4) is 0 Å². The standard InChI is InChI=1S/C25H20FNO4/c1-31-20-9-5-8-18(14-20)23(28)21-22(17-10-12-19(26)13-11-17)27(25(30)24(21)29)15-16-6-3-2-4-7-16/h2-14,22,28H,15H2,1H3/b23-21+. The molecule has 0 bridgehead atoms. The van der Waals surface area contributed by atoms with Crippen molar-refractivity contribution in [3.63, 3.8) is 0 Å². The van der Waals surface area contributed by atoms with Gasteiger partial charge in [0.1, 0.15) is 17.3 Å². The second kappa shape index (κ2) is 8.44. The van der Waals surface area contributed by atoms with E-state index in [0.29, 0.717) is 16.9 Å². The van der Waals surface area contributed by atoms with Gasteiger partial charge >= 0.3 is 0 Å². The minimum Gasteiger partial charge on any atom is -0.507 e. The fourth-order valence-corrected chi connectivity index (χ4v) is 3.74. The van der Waals surface area contributed by atoms with E-state index in [0.717, 1.165) is 5.56 Å². The van der Waals surface area contributed by atoms with Gasteiger partial charge in [-0.1, -0.05) is 54.6 Å². The third kappa shape index (κ3) is 3.92. The van der Waals surface area contributed by atoms with Gasteiger partial charge in [-0.05, 0) is 35.4 Å². The van der Waals surface area contributed by atoms with E-state index in [-0.39, 0.29) is 17.9 Å². The molecule has 1 atom stereocenters. The molecule has 3 aromatic rings. The summed E-state index contributed by atoms with van der Waals surface area (Å²) >= 11 is 0. The number of hydrogen-bond acceptors (Lipinski definition) is 4. The molecular formula is C25H20FNO4. The Labute approximate surface area is 179 Å². The lowest BCUT2D eigenvalue weighted by molar-refractivity contribution is -0.140. The lowest BCUT2D eigenvalue weighted by Gasteiger charge is -2.25. The van der Waals surface area contributed by atoms with Gasteiger partial charge < -0.3 is 14.7 Å². The molecule has 4 rings (SSSR count). The number of ketones is 1. The van der Waals surface area contributed by atoms with E-state index in [9.17, 15) is 19.1 Å². The van der Waals surface area contributed by atoms with Crippen molar-refractivity contribution in [1.29, 1.82) is 0 Å². The lowest BCUT2D eigenvalue weighted by Crippen LogP contribution is -2.29. The number of amides is 1. The Morgan fingerprint density at radius 2 is 1.71 bits per heavy atom. The van der Waals surface area contributed by atoms with E-state index in [2.05, 4.69) is 0 Å². The quantitative estimate of drug-likeness (QED) is 0.378. The highest BCUT2D eigenvalue weighted by Crippen LogP contribution is 2.40. The van der Waals surface area contributed by atoms with Crippen LogP contribution >= 0.6 is 0 Å². The summed E-state index contributed by atoms with van der Waals surface area (Å²) < 4.78 is 18.8. The topological polar surface area (TPSA) is 66.8 Å². The maximum atomic E-state index is 13.6. The smallest absolute Gasteiger partial charge is 0.295 e. The van der Waals surface area contributed by atoms with Gasteiger partial charge in [0, 0.05) is 12.1 Å². The molecule has 0 saturated carbocycles. The highest BCUT2D eigenvalue weighted by molar-refractivity contribution is 6.46. The number of carbonyl (C=O) groups is 2. The molecule has 1 fully saturated rings. The molecule has 1 saturated heterocycles. The van der Waals surface area contributed by atoms with Crippen molar-refractivity contribution < 1.29 is 23.8 Å². The fraction of sp³-hybridized carbons (Fsp3) is 0.120. The van der Waals surface area contributed by atoms with Crippen molar-refractivity contribution in [3.8, 4) is 5.75 Å². The Balaban J connectivity index is 1.86. The first-order valence-corrected chi connectivity index (χ1v) is 9.72. The van der Waals surface area contributed by atoms with Gasteiger partial charge in [-0.15, -0.1) is 0 Å². The van der Waals surface area contributed by atoms with Crippen LogP contribution in [-0.4, -0.2) is 28.8 Å². The Hall–Kier alpha value is -3.93. The summed E-state index contributed by atoms with van der Waals surface area (Å²) in [5, 5.41) is 11.0. The number of aliphatic hydroxyl groups excluding tert-OH is 1. The molecule has 1 heterocycles. The highest BCUT2D eigenvalue weighted by Gasteiger charge is 2.46. The number of rotatable bonds is 5. The second-order valence-corrected chi connectivity index (χ2v) is 7.20. The van der Waals surface area contributed by atoms with Crippen LogP contribution in [0, 0.1) is 5.82 Å². The average molecular weight is 417 g/mol. The summed E-state index contributed by atoms with van der Waals surface area (Å²) in [7, 11) is 1.50. The van der Waals surface area contributed by atoms with E-state index in [4.69, 9.17) is 4.74 Å². The minimum absolute atomic E-state index is 0.0409. The van der Waals surface area contributed by atoms with Gasteiger partial charge in [-0.2, -0.15) is 0 Å². The van der Waals surface area contributed by atoms with Gasteiger partial charge in [0.05, 0.1) is 18.7 Å².